The molecule has 2 aliphatic rings. The average molecular weight is 320 g/mol. The third-order valence-corrected chi connectivity index (χ3v) is 5.51. The number of rotatable bonds is 4. The van der Waals surface area contributed by atoms with Crippen LogP contribution >= 0.6 is 11.6 Å². The van der Waals surface area contributed by atoms with Crippen LogP contribution in [0.15, 0.2) is 30.3 Å². The summed E-state index contributed by atoms with van der Waals surface area (Å²) in [6.07, 6.45) is 10.2. The lowest BCUT2D eigenvalue weighted by atomic mass is 9.71. The third-order valence-electron chi connectivity index (χ3n) is 5.26. The second-order valence-electron chi connectivity index (χ2n) is 6.49. The van der Waals surface area contributed by atoms with Gasteiger partial charge in [-0.3, -0.25) is 4.90 Å². The second-order valence-corrected chi connectivity index (χ2v) is 6.92. The first-order chi connectivity index (χ1) is 10.8. The largest absolute Gasteiger partial charge is 0.383 e. The van der Waals surface area contributed by atoms with E-state index in [0.717, 1.165) is 31.1 Å². The van der Waals surface area contributed by atoms with Crippen LogP contribution in [0.1, 0.15) is 44.1 Å². The highest BCUT2D eigenvalue weighted by Crippen LogP contribution is 2.46. The first-order valence-electron chi connectivity index (χ1n) is 8.47. The molecule has 22 heavy (non-hydrogen) atoms. The quantitative estimate of drug-likeness (QED) is 0.792. The molecule has 1 fully saturated rings. The van der Waals surface area contributed by atoms with E-state index in [1.807, 2.05) is 12.1 Å². The Labute approximate surface area is 139 Å². The summed E-state index contributed by atoms with van der Waals surface area (Å²) in [5.74, 6) is 0. The summed E-state index contributed by atoms with van der Waals surface area (Å²) in [6, 6.07) is 8.40. The molecule has 3 rings (SSSR count). The predicted molar refractivity (Wildman–Crippen MR) is 93.3 cm³/mol. The van der Waals surface area contributed by atoms with E-state index in [1.54, 1.807) is 7.11 Å². The van der Waals surface area contributed by atoms with Crippen molar-refractivity contribution in [3.8, 4) is 0 Å². The zero-order chi connectivity index (χ0) is 15.4. The van der Waals surface area contributed by atoms with E-state index in [2.05, 4.69) is 23.1 Å². The molecule has 1 heterocycles. The highest BCUT2D eigenvalue weighted by molar-refractivity contribution is 6.30. The van der Waals surface area contributed by atoms with Gasteiger partial charge >= 0.3 is 0 Å². The van der Waals surface area contributed by atoms with Crippen molar-refractivity contribution in [2.75, 3.05) is 26.8 Å². The summed E-state index contributed by atoms with van der Waals surface area (Å²) in [4.78, 5) is 2.68. The molecular formula is C19H26ClNO. The Kier molecular flexibility index (Phi) is 5.22. The molecule has 1 aliphatic carbocycles. The molecular weight excluding hydrogens is 294 g/mol. The molecule has 0 radical (unpaired) electrons. The Morgan fingerprint density at radius 3 is 2.55 bits per heavy atom. The van der Waals surface area contributed by atoms with Crippen molar-refractivity contribution in [1.29, 1.82) is 0 Å². The maximum absolute atomic E-state index is 6.08. The van der Waals surface area contributed by atoms with Crippen LogP contribution in [0.5, 0.6) is 0 Å². The zero-order valence-corrected chi connectivity index (χ0v) is 14.2. The maximum Gasteiger partial charge on any atom is 0.0590 e. The molecule has 0 saturated heterocycles. The summed E-state index contributed by atoms with van der Waals surface area (Å²) in [7, 11) is 1.80. The number of ether oxygens (including phenoxy) is 1. The average Bonchev–Trinajstić information content (AvgIpc) is 2.56. The Hall–Kier alpha value is -0.830. The maximum atomic E-state index is 6.08. The summed E-state index contributed by atoms with van der Waals surface area (Å²) in [5, 5.41) is 0.814. The lowest BCUT2D eigenvalue weighted by molar-refractivity contribution is 0.0621. The molecule has 1 aliphatic heterocycles. The van der Waals surface area contributed by atoms with Gasteiger partial charge in [-0.2, -0.15) is 0 Å². The Balaban J connectivity index is 1.95. The number of hydrogen-bond donors (Lipinski definition) is 0. The minimum absolute atomic E-state index is 0.211. The van der Waals surface area contributed by atoms with E-state index in [-0.39, 0.29) is 5.54 Å². The highest BCUT2D eigenvalue weighted by Gasteiger charge is 2.42. The summed E-state index contributed by atoms with van der Waals surface area (Å²) in [5.41, 5.74) is 3.07. The Morgan fingerprint density at radius 1 is 1.14 bits per heavy atom. The SMILES string of the molecule is COCCN1CCC=C(c2ccc(Cl)cc2)C12CCCCC2. The van der Waals surface area contributed by atoms with Gasteiger partial charge in [-0.05, 0) is 42.5 Å². The van der Waals surface area contributed by atoms with Crippen molar-refractivity contribution in [3.05, 3.63) is 40.9 Å². The number of benzene rings is 1. The molecule has 0 bridgehead atoms. The van der Waals surface area contributed by atoms with Crippen molar-refractivity contribution in [3.63, 3.8) is 0 Å². The number of methoxy groups -OCH3 is 1. The van der Waals surface area contributed by atoms with Crippen LogP contribution in [-0.4, -0.2) is 37.2 Å². The lowest BCUT2D eigenvalue weighted by Gasteiger charge is -2.50. The van der Waals surface area contributed by atoms with E-state index in [4.69, 9.17) is 16.3 Å². The summed E-state index contributed by atoms with van der Waals surface area (Å²) < 4.78 is 5.36. The van der Waals surface area contributed by atoms with Gasteiger partial charge in [0.2, 0.25) is 0 Å². The van der Waals surface area contributed by atoms with Gasteiger partial charge in [-0.15, -0.1) is 0 Å². The van der Waals surface area contributed by atoms with Gasteiger partial charge in [0, 0.05) is 30.8 Å². The van der Waals surface area contributed by atoms with Crippen LogP contribution < -0.4 is 0 Å². The fourth-order valence-electron chi connectivity index (χ4n) is 4.20. The first-order valence-corrected chi connectivity index (χ1v) is 8.85. The molecule has 2 nitrogen and oxygen atoms in total. The first kappa shape index (κ1) is 16.0. The molecule has 1 aromatic carbocycles. The molecule has 0 amide bonds. The van der Waals surface area contributed by atoms with E-state index < -0.39 is 0 Å². The Morgan fingerprint density at radius 2 is 1.86 bits per heavy atom. The number of hydrogen-bond acceptors (Lipinski definition) is 2. The fraction of sp³-hybridized carbons (Fsp3) is 0.579. The molecule has 0 aromatic heterocycles. The molecule has 1 spiro atoms. The van der Waals surface area contributed by atoms with Crippen LogP contribution in [0.3, 0.4) is 0 Å². The van der Waals surface area contributed by atoms with Gasteiger partial charge in [0.05, 0.1) is 6.61 Å². The van der Waals surface area contributed by atoms with Gasteiger partial charge in [-0.25, -0.2) is 0 Å². The fourth-order valence-corrected chi connectivity index (χ4v) is 4.33. The minimum atomic E-state index is 0.211. The molecule has 1 aromatic rings. The van der Waals surface area contributed by atoms with Crippen LogP contribution in [-0.2, 0) is 4.74 Å². The molecule has 120 valence electrons. The second kappa shape index (κ2) is 7.16. The van der Waals surface area contributed by atoms with Crippen LogP contribution in [0, 0.1) is 0 Å². The zero-order valence-electron chi connectivity index (χ0n) is 13.5. The molecule has 1 saturated carbocycles. The van der Waals surface area contributed by atoms with Crippen LogP contribution in [0.4, 0.5) is 0 Å². The number of nitrogens with zero attached hydrogens (tertiary/aromatic N) is 1. The van der Waals surface area contributed by atoms with Crippen molar-refractivity contribution in [1.82, 2.24) is 4.90 Å². The van der Waals surface area contributed by atoms with E-state index >= 15 is 0 Å². The monoisotopic (exact) mass is 319 g/mol. The van der Waals surface area contributed by atoms with Crippen molar-refractivity contribution >= 4 is 17.2 Å². The normalized spacial score (nSPS) is 21.8. The van der Waals surface area contributed by atoms with Gasteiger partial charge in [0.1, 0.15) is 0 Å². The van der Waals surface area contributed by atoms with Crippen molar-refractivity contribution in [2.24, 2.45) is 0 Å². The number of halogens is 1. The van der Waals surface area contributed by atoms with E-state index in [1.165, 1.54) is 43.2 Å². The highest BCUT2D eigenvalue weighted by atomic mass is 35.5. The topological polar surface area (TPSA) is 12.5 Å². The smallest absolute Gasteiger partial charge is 0.0590 e. The summed E-state index contributed by atoms with van der Waals surface area (Å²) >= 11 is 6.08. The van der Waals surface area contributed by atoms with Gasteiger partial charge < -0.3 is 4.74 Å². The molecule has 0 atom stereocenters. The van der Waals surface area contributed by atoms with E-state index in [9.17, 15) is 0 Å². The van der Waals surface area contributed by atoms with E-state index in [0.29, 0.717) is 0 Å². The molecule has 0 N–H and O–H groups in total. The third kappa shape index (κ3) is 3.10. The van der Waals surface area contributed by atoms with Gasteiger partial charge in [0.15, 0.2) is 0 Å². The Bertz CT molecular complexity index is 517. The van der Waals surface area contributed by atoms with Crippen molar-refractivity contribution < 1.29 is 4.74 Å². The van der Waals surface area contributed by atoms with Crippen LogP contribution in [0.25, 0.3) is 5.57 Å². The molecule has 3 heteroatoms. The van der Waals surface area contributed by atoms with Crippen LogP contribution in [0.2, 0.25) is 5.02 Å². The van der Waals surface area contributed by atoms with Gasteiger partial charge in [0.25, 0.3) is 0 Å². The minimum Gasteiger partial charge on any atom is -0.383 e. The lowest BCUT2D eigenvalue weighted by Crippen LogP contribution is -2.54. The summed E-state index contributed by atoms with van der Waals surface area (Å²) in [6.45, 7) is 3.00. The predicted octanol–water partition coefficient (Wildman–Crippen LogP) is 4.78. The molecule has 0 unspecified atom stereocenters. The van der Waals surface area contributed by atoms with Gasteiger partial charge in [-0.1, -0.05) is 49.1 Å². The van der Waals surface area contributed by atoms with Crippen molar-refractivity contribution in [2.45, 2.75) is 44.1 Å². The standard InChI is InChI=1S/C19H26ClNO/c1-22-15-14-21-13-5-6-18(16-7-9-17(20)10-8-16)19(21)11-3-2-4-12-19/h6-10H,2-5,11-15H2,1H3.